The second kappa shape index (κ2) is 6.50. The van der Waals surface area contributed by atoms with Gasteiger partial charge in [0.1, 0.15) is 11.6 Å². The molecule has 0 atom stereocenters. The molecule has 108 valence electrons. The van der Waals surface area contributed by atoms with E-state index in [1.165, 1.54) is 12.1 Å². The highest BCUT2D eigenvalue weighted by molar-refractivity contribution is 5.31. The summed E-state index contributed by atoms with van der Waals surface area (Å²) < 4.78 is 28.4. The molecule has 0 fully saturated rings. The van der Waals surface area contributed by atoms with E-state index in [1.54, 1.807) is 0 Å². The van der Waals surface area contributed by atoms with Crippen molar-refractivity contribution in [2.45, 2.75) is 33.2 Å². The molecule has 0 saturated heterocycles. The number of benzene rings is 1. The third-order valence-corrected chi connectivity index (χ3v) is 3.07. The topological polar surface area (TPSA) is 29.9 Å². The predicted molar refractivity (Wildman–Crippen MR) is 75.8 cm³/mol. The van der Waals surface area contributed by atoms with E-state index in [2.05, 4.69) is 17.2 Å². The predicted octanol–water partition coefficient (Wildman–Crippen LogP) is 3.73. The molecule has 3 nitrogen and oxygen atoms in total. The van der Waals surface area contributed by atoms with E-state index in [0.717, 1.165) is 37.1 Å². The van der Waals surface area contributed by atoms with Crippen molar-refractivity contribution in [1.82, 2.24) is 9.55 Å². The summed E-state index contributed by atoms with van der Waals surface area (Å²) in [7, 11) is 0. The summed E-state index contributed by atoms with van der Waals surface area (Å²) in [6, 6.07) is 3.64. The maximum Gasteiger partial charge on any atom is 0.203 e. The van der Waals surface area contributed by atoms with E-state index in [0.29, 0.717) is 12.1 Å². The van der Waals surface area contributed by atoms with Gasteiger partial charge in [0.2, 0.25) is 5.95 Å². The van der Waals surface area contributed by atoms with Crippen LogP contribution in [0.15, 0.2) is 24.4 Å². The Morgan fingerprint density at radius 3 is 2.80 bits per heavy atom. The molecule has 0 radical (unpaired) electrons. The molecule has 1 N–H and O–H groups in total. The van der Waals surface area contributed by atoms with Crippen molar-refractivity contribution in [1.29, 1.82) is 0 Å². The second-order valence-electron chi connectivity index (χ2n) is 4.85. The number of imidazole rings is 1. The highest BCUT2D eigenvalue weighted by atomic mass is 19.1. The van der Waals surface area contributed by atoms with Gasteiger partial charge in [-0.05, 0) is 19.4 Å². The lowest BCUT2D eigenvalue weighted by molar-refractivity contribution is 0.566. The van der Waals surface area contributed by atoms with E-state index >= 15 is 0 Å². The number of aromatic nitrogens is 2. The monoisotopic (exact) mass is 279 g/mol. The summed E-state index contributed by atoms with van der Waals surface area (Å²) in [5.41, 5.74) is 1.31. The van der Waals surface area contributed by atoms with Gasteiger partial charge in [-0.25, -0.2) is 13.8 Å². The molecule has 2 rings (SSSR count). The summed E-state index contributed by atoms with van der Waals surface area (Å²) in [5.74, 6) is -0.370. The number of nitrogens with one attached hydrogen (secondary N) is 1. The smallest absolute Gasteiger partial charge is 0.203 e. The molecule has 0 aliphatic carbocycles. The summed E-state index contributed by atoms with van der Waals surface area (Å²) in [4.78, 5) is 4.38. The molecule has 0 unspecified atom stereocenters. The lowest BCUT2D eigenvalue weighted by atomic mass is 10.2. The van der Waals surface area contributed by atoms with Crippen molar-refractivity contribution >= 4 is 5.95 Å². The number of halogens is 2. The van der Waals surface area contributed by atoms with Crippen LogP contribution in [-0.2, 0) is 6.54 Å². The van der Waals surface area contributed by atoms with Gasteiger partial charge >= 0.3 is 0 Å². The molecule has 0 bridgehead atoms. The molecule has 2 aromatic rings. The number of unbranched alkanes of at least 4 members (excludes halogenated alkanes) is 1. The van der Waals surface area contributed by atoms with Crippen LogP contribution >= 0.6 is 0 Å². The fraction of sp³-hybridized carbons (Fsp3) is 0.400. The SMILES string of the molecule is CCCCNc1nc(C)cn1Cc1ccc(F)cc1F. The Morgan fingerprint density at radius 2 is 2.10 bits per heavy atom. The molecular formula is C15H19F2N3. The van der Waals surface area contributed by atoms with Crippen molar-refractivity contribution in [2.75, 3.05) is 11.9 Å². The Hall–Kier alpha value is -1.91. The molecule has 0 saturated carbocycles. The molecule has 20 heavy (non-hydrogen) atoms. The average molecular weight is 279 g/mol. The van der Waals surface area contributed by atoms with Crippen LogP contribution in [0.25, 0.3) is 0 Å². The Bertz CT molecular complexity index is 578. The molecule has 0 spiro atoms. The second-order valence-corrected chi connectivity index (χ2v) is 4.85. The quantitative estimate of drug-likeness (QED) is 0.817. The Kier molecular flexibility index (Phi) is 4.71. The first-order valence-corrected chi connectivity index (χ1v) is 6.81. The van der Waals surface area contributed by atoms with Crippen LogP contribution in [0.1, 0.15) is 31.0 Å². The Morgan fingerprint density at radius 1 is 1.30 bits per heavy atom. The molecular weight excluding hydrogens is 260 g/mol. The van der Waals surface area contributed by atoms with Crippen LogP contribution in [0.3, 0.4) is 0 Å². The van der Waals surface area contributed by atoms with E-state index in [9.17, 15) is 8.78 Å². The van der Waals surface area contributed by atoms with E-state index in [-0.39, 0.29) is 0 Å². The van der Waals surface area contributed by atoms with E-state index in [1.807, 2.05) is 17.7 Å². The Balaban J connectivity index is 2.15. The molecule has 1 heterocycles. The first-order chi connectivity index (χ1) is 9.60. The molecule has 0 aliphatic heterocycles. The summed E-state index contributed by atoms with van der Waals surface area (Å²) in [6.45, 7) is 5.18. The van der Waals surface area contributed by atoms with Gasteiger partial charge in [0, 0.05) is 24.4 Å². The largest absolute Gasteiger partial charge is 0.356 e. The van der Waals surface area contributed by atoms with Crippen molar-refractivity contribution in [3.05, 3.63) is 47.3 Å². The average Bonchev–Trinajstić information content (AvgIpc) is 2.73. The Labute approximate surface area is 117 Å². The van der Waals surface area contributed by atoms with Gasteiger partial charge in [-0.1, -0.05) is 19.4 Å². The summed E-state index contributed by atoms with van der Waals surface area (Å²) in [5, 5.41) is 3.24. The van der Waals surface area contributed by atoms with Crippen LogP contribution in [0.5, 0.6) is 0 Å². The van der Waals surface area contributed by atoms with Gasteiger partial charge in [0.25, 0.3) is 0 Å². The number of nitrogens with zero attached hydrogens (tertiary/aromatic N) is 2. The van der Waals surface area contributed by atoms with Gasteiger partial charge in [0.15, 0.2) is 0 Å². The number of hydrogen-bond donors (Lipinski definition) is 1. The molecule has 5 heteroatoms. The normalized spacial score (nSPS) is 10.8. The fourth-order valence-corrected chi connectivity index (χ4v) is 2.02. The van der Waals surface area contributed by atoms with Gasteiger partial charge in [0.05, 0.1) is 12.2 Å². The number of rotatable bonds is 6. The minimum absolute atomic E-state index is 0.335. The van der Waals surface area contributed by atoms with Crippen LogP contribution < -0.4 is 5.32 Å². The lowest BCUT2D eigenvalue weighted by Crippen LogP contribution is -2.10. The third-order valence-electron chi connectivity index (χ3n) is 3.07. The molecule has 1 aromatic heterocycles. The van der Waals surface area contributed by atoms with Gasteiger partial charge < -0.3 is 9.88 Å². The minimum atomic E-state index is -0.561. The van der Waals surface area contributed by atoms with Crippen molar-refractivity contribution in [2.24, 2.45) is 0 Å². The van der Waals surface area contributed by atoms with Crippen LogP contribution in [0.2, 0.25) is 0 Å². The fourth-order valence-electron chi connectivity index (χ4n) is 2.02. The zero-order chi connectivity index (χ0) is 14.5. The van der Waals surface area contributed by atoms with Crippen LogP contribution in [0.4, 0.5) is 14.7 Å². The third kappa shape index (κ3) is 3.56. The van der Waals surface area contributed by atoms with Gasteiger partial charge in [-0.2, -0.15) is 0 Å². The number of anilines is 1. The standard InChI is InChI=1S/C15H19F2N3/c1-3-4-7-18-15-19-11(2)9-20(15)10-12-5-6-13(16)8-14(12)17/h5-6,8-9H,3-4,7,10H2,1-2H3,(H,18,19). The van der Waals surface area contributed by atoms with Crippen molar-refractivity contribution < 1.29 is 8.78 Å². The van der Waals surface area contributed by atoms with Gasteiger partial charge in [-0.3, -0.25) is 0 Å². The summed E-state index contributed by atoms with van der Waals surface area (Å²) in [6.07, 6.45) is 4.01. The maximum atomic E-state index is 13.7. The zero-order valence-electron chi connectivity index (χ0n) is 11.8. The molecule has 0 amide bonds. The van der Waals surface area contributed by atoms with Gasteiger partial charge in [-0.15, -0.1) is 0 Å². The van der Waals surface area contributed by atoms with Crippen molar-refractivity contribution in [3.8, 4) is 0 Å². The zero-order valence-corrected chi connectivity index (χ0v) is 11.8. The van der Waals surface area contributed by atoms with Crippen LogP contribution in [-0.4, -0.2) is 16.1 Å². The van der Waals surface area contributed by atoms with Crippen molar-refractivity contribution in [3.63, 3.8) is 0 Å². The summed E-state index contributed by atoms with van der Waals surface area (Å²) >= 11 is 0. The molecule has 1 aromatic carbocycles. The van der Waals surface area contributed by atoms with E-state index in [4.69, 9.17) is 0 Å². The lowest BCUT2D eigenvalue weighted by Gasteiger charge is -2.10. The number of hydrogen-bond acceptors (Lipinski definition) is 2. The molecule has 0 aliphatic rings. The van der Waals surface area contributed by atoms with Crippen LogP contribution in [0, 0.1) is 18.6 Å². The maximum absolute atomic E-state index is 13.7. The highest BCUT2D eigenvalue weighted by Gasteiger charge is 2.09. The van der Waals surface area contributed by atoms with E-state index < -0.39 is 11.6 Å². The number of aryl methyl sites for hydroxylation is 1. The minimum Gasteiger partial charge on any atom is -0.356 e. The highest BCUT2D eigenvalue weighted by Crippen LogP contribution is 2.15. The first-order valence-electron chi connectivity index (χ1n) is 6.81. The first kappa shape index (κ1) is 14.5.